The average molecular weight is 691 g/mol. The lowest BCUT2D eigenvalue weighted by atomic mass is 9.90. The third kappa shape index (κ3) is 36.9. The third-order valence-corrected chi connectivity index (χ3v) is 10.6. The minimum atomic E-state index is -0.616. The summed E-state index contributed by atoms with van der Waals surface area (Å²) in [7, 11) is 6.67. The van der Waals surface area contributed by atoms with E-state index in [1.54, 1.807) is 0 Å². The molecule has 0 spiro atoms. The van der Waals surface area contributed by atoms with E-state index in [1.807, 2.05) is 0 Å². The van der Waals surface area contributed by atoms with Gasteiger partial charge in [-0.05, 0) is 75.0 Å². The molecule has 0 amide bonds. The number of hydrogen-bond donors (Lipinski definition) is 1. The molecule has 0 radical (unpaired) electrons. The van der Waals surface area contributed by atoms with Crippen LogP contribution in [0, 0.1) is 23.7 Å². The van der Waals surface area contributed by atoms with Crippen molar-refractivity contribution in [2.75, 3.05) is 27.7 Å². The van der Waals surface area contributed by atoms with Crippen molar-refractivity contribution in [3.8, 4) is 0 Å². The molecule has 5 atom stereocenters. The fraction of sp³-hybridized carbons (Fsp3) is 0.913. The van der Waals surface area contributed by atoms with E-state index in [9.17, 15) is 5.11 Å². The van der Waals surface area contributed by atoms with Crippen LogP contribution in [0.5, 0.6) is 0 Å². The second-order valence-corrected chi connectivity index (χ2v) is 17.8. The van der Waals surface area contributed by atoms with E-state index in [-0.39, 0.29) is 6.10 Å². The lowest BCUT2D eigenvalue weighted by Gasteiger charge is -2.26. The zero-order valence-electron chi connectivity index (χ0n) is 35.2. The highest BCUT2D eigenvalue weighted by Crippen LogP contribution is 2.25. The van der Waals surface area contributed by atoms with Crippen LogP contribution < -0.4 is 0 Å². The molecule has 49 heavy (non-hydrogen) atoms. The van der Waals surface area contributed by atoms with Gasteiger partial charge in [0.05, 0.1) is 33.8 Å². The molecule has 292 valence electrons. The first-order chi connectivity index (χ1) is 23.4. The van der Waals surface area contributed by atoms with Crippen LogP contribution in [-0.4, -0.2) is 49.7 Å². The molecule has 1 N–H and O–H groups in total. The topological polar surface area (TPSA) is 29.5 Å². The van der Waals surface area contributed by atoms with E-state index < -0.39 is 6.29 Å². The van der Waals surface area contributed by atoms with Crippen LogP contribution in [0.2, 0.25) is 0 Å². The van der Waals surface area contributed by atoms with Crippen LogP contribution in [0.4, 0.5) is 0 Å². The van der Waals surface area contributed by atoms with Crippen LogP contribution in [0.3, 0.4) is 0 Å². The quantitative estimate of drug-likeness (QED) is 0.0307. The summed E-state index contributed by atoms with van der Waals surface area (Å²) in [5.41, 5.74) is 0. The molecule has 0 aromatic carbocycles. The second kappa shape index (κ2) is 33.2. The largest absolute Gasteiger partial charge is 0.368 e. The Balaban J connectivity index is 4.31. The number of allylic oxidation sites excluding steroid dienone is 4. The van der Waals surface area contributed by atoms with Crippen molar-refractivity contribution in [1.29, 1.82) is 0 Å². The minimum Gasteiger partial charge on any atom is -0.368 e. The van der Waals surface area contributed by atoms with Gasteiger partial charge in [0.15, 0.2) is 6.29 Å². The molecule has 0 aliphatic rings. The maximum atomic E-state index is 10.8. The highest BCUT2D eigenvalue weighted by Gasteiger charge is 2.18. The molecule has 0 aromatic heterocycles. The lowest BCUT2D eigenvalue weighted by molar-refractivity contribution is -0.870. The SMILES string of the molecule is CCCCCC=CCC=CCCCCCCCCC(CCC(C)CCCC(C)CCCC(C)CCCC(C)C)O[C@H](O)CCC[N+](C)(C)C. The first-order valence-electron chi connectivity index (χ1n) is 21.9. The summed E-state index contributed by atoms with van der Waals surface area (Å²) in [6.07, 6.45) is 42.1. The van der Waals surface area contributed by atoms with Crippen LogP contribution in [-0.2, 0) is 4.74 Å². The number of aliphatic hydroxyl groups is 1. The zero-order valence-corrected chi connectivity index (χ0v) is 35.2. The molecule has 4 unspecified atom stereocenters. The molecule has 0 heterocycles. The van der Waals surface area contributed by atoms with Gasteiger partial charge in [-0.15, -0.1) is 0 Å². The Morgan fingerprint density at radius 3 is 1.51 bits per heavy atom. The van der Waals surface area contributed by atoms with Crippen LogP contribution >= 0.6 is 0 Å². The van der Waals surface area contributed by atoms with Gasteiger partial charge in [0, 0.05) is 12.8 Å². The van der Waals surface area contributed by atoms with E-state index >= 15 is 0 Å². The standard InChI is InChI=1S/C46H92NO2/c1-10-11-12-13-14-15-16-17-18-19-20-21-22-23-24-25-36-45(49-46(48)37-29-40-47(7,8)9)39-38-44(6)35-28-34-43(5)33-27-32-42(4)31-26-30-41(2)3/h14-15,17-18,41-46,48H,10-13,16,19-40H2,1-9H3/q+1/t42?,43?,44?,45?,46-/m0/s1. The Kier molecular flexibility index (Phi) is 32.8. The summed E-state index contributed by atoms with van der Waals surface area (Å²) in [5.74, 6) is 3.35. The molecule has 0 aliphatic carbocycles. The number of rotatable bonds is 36. The summed E-state index contributed by atoms with van der Waals surface area (Å²) in [4.78, 5) is 0. The number of ether oxygens (including phenoxy) is 1. The van der Waals surface area contributed by atoms with Crippen molar-refractivity contribution in [3.63, 3.8) is 0 Å². The lowest BCUT2D eigenvalue weighted by Crippen LogP contribution is -2.36. The maximum absolute atomic E-state index is 10.8. The number of quaternary nitrogens is 1. The molecule has 0 fully saturated rings. The summed E-state index contributed by atoms with van der Waals surface area (Å²) in [6.45, 7) is 15.4. The van der Waals surface area contributed by atoms with Crippen molar-refractivity contribution >= 4 is 0 Å². The van der Waals surface area contributed by atoms with Gasteiger partial charge in [0.25, 0.3) is 0 Å². The highest BCUT2D eigenvalue weighted by atomic mass is 16.6. The van der Waals surface area contributed by atoms with Gasteiger partial charge in [0.1, 0.15) is 0 Å². The summed E-state index contributed by atoms with van der Waals surface area (Å²) >= 11 is 0. The normalized spacial score (nSPS) is 15.8. The molecule has 0 aromatic rings. The number of unbranched alkanes of at least 4 members (excludes halogenated alkanes) is 9. The molecule has 0 rings (SSSR count). The first kappa shape index (κ1) is 48.4. The smallest absolute Gasteiger partial charge is 0.155 e. The van der Waals surface area contributed by atoms with Crippen molar-refractivity contribution < 1.29 is 14.3 Å². The van der Waals surface area contributed by atoms with Gasteiger partial charge in [-0.3, -0.25) is 0 Å². The van der Waals surface area contributed by atoms with Gasteiger partial charge in [-0.2, -0.15) is 0 Å². The molecule has 0 saturated carbocycles. The Labute approximate surface area is 310 Å². The Bertz CT molecular complexity index is 738. The summed E-state index contributed by atoms with van der Waals surface area (Å²) in [6, 6.07) is 0. The Hall–Kier alpha value is -0.640. The molecule has 0 saturated heterocycles. The highest BCUT2D eigenvalue weighted by molar-refractivity contribution is 4.92. The molecule has 3 nitrogen and oxygen atoms in total. The van der Waals surface area contributed by atoms with Gasteiger partial charge in [-0.1, -0.05) is 169 Å². The Morgan fingerprint density at radius 2 is 0.980 bits per heavy atom. The van der Waals surface area contributed by atoms with E-state index in [0.29, 0.717) is 0 Å². The Morgan fingerprint density at radius 1 is 0.490 bits per heavy atom. The summed E-state index contributed by atoms with van der Waals surface area (Å²) < 4.78 is 7.26. The van der Waals surface area contributed by atoms with E-state index in [4.69, 9.17) is 4.74 Å². The molecular formula is C46H92NO2+. The van der Waals surface area contributed by atoms with Crippen molar-refractivity contribution in [2.24, 2.45) is 23.7 Å². The number of aliphatic hydroxyl groups excluding tert-OH is 1. The summed E-state index contributed by atoms with van der Waals surface area (Å²) in [5, 5.41) is 10.8. The number of hydrogen-bond acceptors (Lipinski definition) is 2. The predicted octanol–water partition coefficient (Wildman–Crippen LogP) is 14.2. The van der Waals surface area contributed by atoms with Crippen LogP contribution in [0.25, 0.3) is 0 Å². The van der Waals surface area contributed by atoms with Crippen molar-refractivity contribution in [1.82, 2.24) is 0 Å². The van der Waals surface area contributed by atoms with Gasteiger partial charge in [0.2, 0.25) is 0 Å². The van der Waals surface area contributed by atoms with E-state index in [1.165, 1.54) is 135 Å². The van der Waals surface area contributed by atoms with Gasteiger partial charge < -0.3 is 14.3 Å². The third-order valence-electron chi connectivity index (χ3n) is 10.6. The zero-order chi connectivity index (χ0) is 36.6. The maximum Gasteiger partial charge on any atom is 0.155 e. The van der Waals surface area contributed by atoms with Crippen LogP contribution in [0.1, 0.15) is 208 Å². The monoisotopic (exact) mass is 691 g/mol. The molecule has 3 heteroatoms. The van der Waals surface area contributed by atoms with Gasteiger partial charge in [-0.25, -0.2) is 0 Å². The molecule has 0 aliphatic heterocycles. The fourth-order valence-corrected chi connectivity index (χ4v) is 7.08. The first-order valence-corrected chi connectivity index (χ1v) is 21.9. The minimum absolute atomic E-state index is 0.203. The van der Waals surface area contributed by atoms with Crippen LogP contribution in [0.15, 0.2) is 24.3 Å². The molecule has 0 bridgehead atoms. The average Bonchev–Trinajstić information content (AvgIpc) is 3.02. The fourth-order valence-electron chi connectivity index (χ4n) is 7.08. The predicted molar refractivity (Wildman–Crippen MR) is 220 cm³/mol. The van der Waals surface area contributed by atoms with E-state index in [2.05, 4.69) is 87.0 Å². The number of nitrogens with zero attached hydrogens (tertiary/aromatic N) is 1. The second-order valence-electron chi connectivity index (χ2n) is 17.8. The van der Waals surface area contributed by atoms with Gasteiger partial charge >= 0.3 is 0 Å². The van der Waals surface area contributed by atoms with Crippen molar-refractivity contribution in [3.05, 3.63) is 24.3 Å². The van der Waals surface area contributed by atoms with Crippen molar-refractivity contribution in [2.45, 2.75) is 221 Å². The van der Waals surface area contributed by atoms with E-state index in [0.717, 1.165) is 66.8 Å². The molecular weight excluding hydrogens is 599 g/mol.